The van der Waals surface area contributed by atoms with Crippen molar-refractivity contribution in [2.24, 2.45) is 4.99 Å². The summed E-state index contributed by atoms with van der Waals surface area (Å²) in [6.45, 7) is 2.12. The first kappa shape index (κ1) is 19.6. The molecule has 1 aromatic heterocycles. The Labute approximate surface area is 178 Å². The number of carbonyl (C=O) groups excluding carboxylic acids is 1. The number of aliphatic imine (C=N–C) groups is 1. The van der Waals surface area contributed by atoms with Crippen molar-refractivity contribution in [1.82, 2.24) is 4.90 Å². The van der Waals surface area contributed by atoms with E-state index in [0.717, 1.165) is 23.4 Å². The van der Waals surface area contributed by atoms with Crippen LogP contribution in [-0.4, -0.2) is 23.0 Å². The van der Waals surface area contributed by atoms with Gasteiger partial charge in [-0.3, -0.25) is 9.69 Å². The van der Waals surface area contributed by atoms with E-state index in [9.17, 15) is 4.79 Å². The minimum atomic E-state index is -0.0941. The van der Waals surface area contributed by atoms with Gasteiger partial charge in [-0.15, -0.1) is 0 Å². The van der Waals surface area contributed by atoms with E-state index in [4.69, 9.17) is 16.0 Å². The number of hydrogen-bond donors (Lipinski definition) is 0. The molecule has 0 atom stereocenters. The summed E-state index contributed by atoms with van der Waals surface area (Å²) in [5.74, 6) is 1.25. The van der Waals surface area contributed by atoms with Gasteiger partial charge in [0.2, 0.25) is 0 Å². The van der Waals surface area contributed by atoms with Crippen molar-refractivity contribution in [2.45, 2.75) is 13.3 Å². The molecule has 4 nitrogen and oxygen atoms in total. The third kappa shape index (κ3) is 4.31. The Morgan fingerprint density at radius 3 is 2.48 bits per heavy atom. The quantitative estimate of drug-likeness (QED) is 0.457. The summed E-state index contributed by atoms with van der Waals surface area (Å²) in [6.07, 6.45) is 2.74. The van der Waals surface area contributed by atoms with Crippen molar-refractivity contribution in [1.29, 1.82) is 0 Å². The highest BCUT2D eigenvalue weighted by Crippen LogP contribution is 2.34. The molecule has 2 aromatic carbocycles. The van der Waals surface area contributed by atoms with Crippen LogP contribution in [0.5, 0.6) is 0 Å². The fourth-order valence-corrected chi connectivity index (χ4v) is 3.99. The van der Waals surface area contributed by atoms with E-state index in [-0.39, 0.29) is 5.91 Å². The van der Waals surface area contributed by atoms with Gasteiger partial charge < -0.3 is 4.42 Å². The van der Waals surface area contributed by atoms with Gasteiger partial charge in [-0.1, -0.05) is 30.7 Å². The highest BCUT2D eigenvalue weighted by molar-refractivity contribution is 8.18. The Balaban J connectivity index is 1.56. The smallest absolute Gasteiger partial charge is 0.266 e. The van der Waals surface area contributed by atoms with Crippen LogP contribution in [0.1, 0.15) is 18.2 Å². The molecular weight excluding hydrogens is 404 g/mol. The number of rotatable bonds is 4. The molecule has 1 fully saturated rings. The van der Waals surface area contributed by atoms with Crippen LogP contribution >= 0.6 is 23.4 Å². The molecule has 0 bridgehead atoms. The predicted molar refractivity (Wildman–Crippen MR) is 120 cm³/mol. The maximum absolute atomic E-state index is 12.6. The standard InChI is InChI=1S/C23H19ClN2O2S/c1-3-15-4-10-18(11-5-15)25-23-26(2)22(27)21(29-23)14-19-12-13-20(28-19)16-6-8-17(24)9-7-16/h4-14H,3H2,1-2H3/b21-14+,25-23?. The normalized spacial score (nSPS) is 16.9. The number of aryl methyl sites for hydroxylation is 1. The highest BCUT2D eigenvalue weighted by atomic mass is 35.5. The van der Waals surface area contributed by atoms with Gasteiger partial charge in [-0.2, -0.15) is 0 Å². The summed E-state index contributed by atoms with van der Waals surface area (Å²) in [6, 6.07) is 19.2. The lowest BCUT2D eigenvalue weighted by atomic mass is 10.2. The van der Waals surface area contributed by atoms with Crippen molar-refractivity contribution < 1.29 is 9.21 Å². The number of thioether (sulfide) groups is 1. The first-order valence-electron chi connectivity index (χ1n) is 9.24. The van der Waals surface area contributed by atoms with Crippen LogP contribution in [0.2, 0.25) is 5.02 Å². The maximum atomic E-state index is 12.6. The summed E-state index contributed by atoms with van der Waals surface area (Å²) in [7, 11) is 1.73. The van der Waals surface area contributed by atoms with Gasteiger partial charge in [-0.25, -0.2) is 4.99 Å². The minimum Gasteiger partial charge on any atom is -0.457 e. The van der Waals surface area contributed by atoms with E-state index < -0.39 is 0 Å². The Morgan fingerprint density at radius 2 is 1.79 bits per heavy atom. The van der Waals surface area contributed by atoms with Crippen molar-refractivity contribution >= 4 is 46.2 Å². The zero-order valence-corrected chi connectivity index (χ0v) is 17.6. The minimum absolute atomic E-state index is 0.0941. The third-order valence-electron chi connectivity index (χ3n) is 4.60. The molecule has 0 N–H and O–H groups in total. The highest BCUT2D eigenvalue weighted by Gasteiger charge is 2.30. The van der Waals surface area contributed by atoms with Crippen LogP contribution in [0, 0.1) is 0 Å². The number of likely N-dealkylation sites (N-methyl/N-ethyl adjacent to an activating group) is 1. The lowest BCUT2D eigenvalue weighted by Gasteiger charge is -2.07. The molecule has 0 saturated carbocycles. The summed E-state index contributed by atoms with van der Waals surface area (Å²) < 4.78 is 5.89. The molecule has 2 heterocycles. The molecule has 1 aliphatic heterocycles. The molecule has 0 radical (unpaired) electrons. The van der Waals surface area contributed by atoms with Gasteiger partial charge in [-0.05, 0) is 72.3 Å². The zero-order chi connectivity index (χ0) is 20.4. The van der Waals surface area contributed by atoms with E-state index in [0.29, 0.717) is 20.9 Å². The van der Waals surface area contributed by atoms with Crippen molar-refractivity contribution in [3.05, 3.63) is 81.9 Å². The Hall–Kier alpha value is -2.76. The molecule has 4 rings (SSSR count). The van der Waals surface area contributed by atoms with Gasteiger partial charge in [0.05, 0.1) is 10.6 Å². The molecular formula is C23H19ClN2O2S. The SMILES string of the molecule is CCc1ccc(N=C2S/C(=C/c3ccc(-c4ccc(Cl)cc4)o3)C(=O)N2C)cc1. The molecule has 0 spiro atoms. The number of hydrogen-bond acceptors (Lipinski definition) is 4. The van der Waals surface area contributed by atoms with Gasteiger partial charge in [0.1, 0.15) is 11.5 Å². The van der Waals surface area contributed by atoms with Crippen LogP contribution in [0.3, 0.4) is 0 Å². The van der Waals surface area contributed by atoms with Crippen LogP contribution in [0.4, 0.5) is 5.69 Å². The molecule has 146 valence electrons. The fraction of sp³-hybridized carbons (Fsp3) is 0.130. The van der Waals surface area contributed by atoms with Crippen LogP contribution in [0.25, 0.3) is 17.4 Å². The molecule has 1 amide bonds. The predicted octanol–water partition coefficient (Wildman–Crippen LogP) is 6.40. The Kier molecular flexibility index (Phi) is 5.60. The van der Waals surface area contributed by atoms with Crippen molar-refractivity contribution in [3.63, 3.8) is 0 Å². The molecule has 1 aliphatic rings. The zero-order valence-electron chi connectivity index (χ0n) is 16.1. The average molecular weight is 423 g/mol. The van der Waals surface area contributed by atoms with E-state index in [1.54, 1.807) is 18.0 Å². The van der Waals surface area contributed by atoms with E-state index in [1.165, 1.54) is 17.3 Å². The van der Waals surface area contributed by atoms with Gasteiger partial charge in [0, 0.05) is 23.7 Å². The van der Waals surface area contributed by atoms with Crippen LogP contribution in [-0.2, 0) is 11.2 Å². The van der Waals surface area contributed by atoms with Crippen molar-refractivity contribution in [3.8, 4) is 11.3 Å². The monoisotopic (exact) mass is 422 g/mol. The lowest BCUT2D eigenvalue weighted by Crippen LogP contribution is -2.23. The third-order valence-corrected chi connectivity index (χ3v) is 5.91. The van der Waals surface area contributed by atoms with Crippen LogP contribution in [0.15, 0.2) is 75.0 Å². The number of amidine groups is 1. The van der Waals surface area contributed by atoms with E-state index in [2.05, 4.69) is 24.0 Å². The molecule has 3 aromatic rings. The Morgan fingerprint density at radius 1 is 1.07 bits per heavy atom. The fourth-order valence-electron chi connectivity index (χ4n) is 2.90. The molecule has 1 saturated heterocycles. The summed E-state index contributed by atoms with van der Waals surface area (Å²) >= 11 is 7.28. The average Bonchev–Trinajstić information content (AvgIpc) is 3.30. The topological polar surface area (TPSA) is 45.8 Å². The summed E-state index contributed by atoms with van der Waals surface area (Å²) in [4.78, 5) is 19.4. The molecule has 6 heteroatoms. The summed E-state index contributed by atoms with van der Waals surface area (Å²) in [5.41, 5.74) is 3.01. The number of furan rings is 1. The van der Waals surface area contributed by atoms with Gasteiger partial charge in [0.25, 0.3) is 5.91 Å². The number of carbonyl (C=O) groups is 1. The first-order chi connectivity index (χ1) is 14.0. The van der Waals surface area contributed by atoms with Crippen molar-refractivity contribution in [2.75, 3.05) is 7.05 Å². The first-order valence-corrected chi connectivity index (χ1v) is 10.4. The number of nitrogens with zero attached hydrogens (tertiary/aromatic N) is 2. The summed E-state index contributed by atoms with van der Waals surface area (Å²) in [5, 5.41) is 1.32. The Bertz CT molecular complexity index is 1100. The van der Waals surface area contributed by atoms with Crippen LogP contribution < -0.4 is 0 Å². The maximum Gasteiger partial charge on any atom is 0.266 e. The molecule has 0 unspecified atom stereocenters. The largest absolute Gasteiger partial charge is 0.457 e. The molecule has 0 aliphatic carbocycles. The second-order valence-corrected chi connectivity index (χ2v) is 8.04. The number of benzene rings is 2. The lowest BCUT2D eigenvalue weighted by molar-refractivity contribution is -0.121. The van der Waals surface area contributed by atoms with E-state index in [1.807, 2.05) is 48.5 Å². The molecule has 29 heavy (non-hydrogen) atoms. The van der Waals surface area contributed by atoms with E-state index >= 15 is 0 Å². The van der Waals surface area contributed by atoms with Gasteiger partial charge in [0.15, 0.2) is 5.17 Å². The second kappa shape index (κ2) is 8.31. The second-order valence-electron chi connectivity index (χ2n) is 6.60. The van der Waals surface area contributed by atoms with Gasteiger partial charge >= 0.3 is 0 Å². The number of halogens is 1. The number of amides is 1.